The molecule has 2 heterocycles. The molecule has 8 nitrogen and oxygen atoms in total. The summed E-state index contributed by atoms with van der Waals surface area (Å²) in [5.41, 5.74) is 1.73. The molecule has 34 heavy (non-hydrogen) atoms. The van der Waals surface area contributed by atoms with Gasteiger partial charge in [0.05, 0.1) is 17.6 Å². The lowest BCUT2D eigenvalue weighted by molar-refractivity contribution is -0.129. The zero-order chi connectivity index (χ0) is 24.6. The first-order chi connectivity index (χ1) is 16.0. The van der Waals surface area contributed by atoms with Crippen LogP contribution in [0.1, 0.15) is 18.0 Å². The van der Waals surface area contributed by atoms with Gasteiger partial charge in [-0.1, -0.05) is 6.07 Å². The van der Waals surface area contributed by atoms with Crippen molar-refractivity contribution in [3.8, 4) is 0 Å². The van der Waals surface area contributed by atoms with E-state index in [-0.39, 0.29) is 24.7 Å². The summed E-state index contributed by atoms with van der Waals surface area (Å²) in [6, 6.07) is 8.97. The summed E-state index contributed by atoms with van der Waals surface area (Å²) < 4.78 is 16.4. The van der Waals surface area contributed by atoms with Crippen LogP contribution in [0.4, 0.5) is 10.1 Å². The second-order valence-corrected chi connectivity index (χ2v) is 13.3. The summed E-state index contributed by atoms with van der Waals surface area (Å²) in [7, 11) is 0.542. The van der Waals surface area contributed by atoms with Crippen LogP contribution in [0.2, 0.25) is 0 Å². The molecule has 4 rings (SSSR count). The minimum absolute atomic E-state index is 0.0730. The van der Waals surface area contributed by atoms with Gasteiger partial charge in [-0.25, -0.2) is 14.4 Å². The van der Waals surface area contributed by atoms with Gasteiger partial charge in [0.2, 0.25) is 11.8 Å². The van der Waals surface area contributed by atoms with E-state index in [1.54, 1.807) is 35.1 Å². The maximum absolute atomic E-state index is 14.7. The van der Waals surface area contributed by atoms with Gasteiger partial charge in [-0.15, -0.1) is 0 Å². The Morgan fingerprint density at radius 2 is 1.97 bits per heavy atom. The standard InChI is InChI=1S/C24H28FN5O3S/c1-30-19-7-5-14(9-15(19)13-27-30)22(29-23(32)16-10-21(31)26-12-16)24(33)28-17-6-8-20(18(25)11-17)34(2,3)4/h5-9,11,13,16,22H,10,12H2,1-4H3,(H,26,31)(H,28,33)(H,29,32)/t16-,22?/m0/s1. The van der Waals surface area contributed by atoms with Gasteiger partial charge in [0, 0.05) is 36.0 Å². The van der Waals surface area contributed by atoms with Crippen molar-refractivity contribution < 1.29 is 18.8 Å². The SMILES string of the molecule is Cn1ncc2cc(C(NC(=O)[C@@H]3CNC(=O)C3)C(=O)Nc3ccc(S(C)(C)C)c(F)c3)ccc21. The van der Waals surface area contributed by atoms with Gasteiger partial charge in [0.15, 0.2) is 0 Å². The van der Waals surface area contributed by atoms with E-state index in [0.717, 1.165) is 10.9 Å². The van der Waals surface area contributed by atoms with Gasteiger partial charge < -0.3 is 16.0 Å². The fourth-order valence-electron chi connectivity index (χ4n) is 4.00. The van der Waals surface area contributed by atoms with Crippen molar-refractivity contribution in [2.75, 3.05) is 30.6 Å². The van der Waals surface area contributed by atoms with Gasteiger partial charge in [-0.2, -0.15) is 5.10 Å². The molecule has 1 aliphatic heterocycles. The van der Waals surface area contributed by atoms with Crippen LogP contribution in [-0.4, -0.2) is 52.8 Å². The lowest BCUT2D eigenvalue weighted by atomic mass is 10.0. The smallest absolute Gasteiger partial charge is 0.251 e. The van der Waals surface area contributed by atoms with Crippen LogP contribution in [0.15, 0.2) is 47.5 Å². The third kappa shape index (κ3) is 4.91. The Labute approximate surface area is 198 Å². The van der Waals surface area contributed by atoms with E-state index in [0.29, 0.717) is 16.1 Å². The van der Waals surface area contributed by atoms with Crippen LogP contribution in [0, 0.1) is 11.7 Å². The zero-order valence-electron chi connectivity index (χ0n) is 19.5. The van der Waals surface area contributed by atoms with E-state index < -0.39 is 33.8 Å². The monoisotopic (exact) mass is 485 g/mol. The second kappa shape index (κ2) is 9.09. The third-order valence-electron chi connectivity index (χ3n) is 5.86. The Morgan fingerprint density at radius 1 is 1.21 bits per heavy atom. The van der Waals surface area contributed by atoms with Crippen molar-refractivity contribution in [3.05, 3.63) is 54.0 Å². The summed E-state index contributed by atoms with van der Waals surface area (Å²) in [4.78, 5) is 38.3. The number of aromatic nitrogens is 2. The second-order valence-electron chi connectivity index (χ2n) is 9.20. The highest BCUT2D eigenvalue weighted by atomic mass is 32.3. The molecule has 2 aromatic carbocycles. The molecular weight excluding hydrogens is 457 g/mol. The molecule has 2 atom stereocenters. The fourth-order valence-corrected chi connectivity index (χ4v) is 5.12. The first kappa shape index (κ1) is 23.7. The van der Waals surface area contributed by atoms with E-state index in [1.807, 2.05) is 31.9 Å². The molecule has 10 heteroatoms. The van der Waals surface area contributed by atoms with Crippen LogP contribution in [-0.2, 0) is 21.4 Å². The number of carbonyl (C=O) groups excluding carboxylic acids is 3. The number of carbonyl (C=O) groups is 3. The van der Waals surface area contributed by atoms with E-state index in [4.69, 9.17) is 0 Å². The maximum Gasteiger partial charge on any atom is 0.251 e. The molecule has 0 radical (unpaired) electrons. The fraction of sp³-hybridized carbons (Fsp3) is 0.333. The molecule has 1 saturated heterocycles. The van der Waals surface area contributed by atoms with Crippen LogP contribution in [0.5, 0.6) is 0 Å². The van der Waals surface area contributed by atoms with Crippen LogP contribution in [0.3, 0.4) is 0 Å². The molecule has 1 aromatic heterocycles. The number of hydrogen-bond donors (Lipinski definition) is 3. The Kier molecular flexibility index (Phi) is 6.35. The number of nitrogens with zero attached hydrogens (tertiary/aromatic N) is 2. The number of aryl methyl sites for hydroxylation is 1. The summed E-state index contributed by atoms with van der Waals surface area (Å²) >= 11 is 0. The third-order valence-corrected chi connectivity index (χ3v) is 7.51. The van der Waals surface area contributed by atoms with Crippen molar-refractivity contribution in [2.45, 2.75) is 17.4 Å². The number of amides is 3. The molecule has 180 valence electrons. The van der Waals surface area contributed by atoms with E-state index in [9.17, 15) is 18.8 Å². The summed E-state index contributed by atoms with van der Waals surface area (Å²) in [5, 5.41) is 13.2. The lowest BCUT2D eigenvalue weighted by Crippen LogP contribution is -2.40. The van der Waals surface area contributed by atoms with Crippen molar-refractivity contribution in [1.29, 1.82) is 0 Å². The van der Waals surface area contributed by atoms with Crippen molar-refractivity contribution >= 4 is 44.3 Å². The van der Waals surface area contributed by atoms with Crippen molar-refractivity contribution in [1.82, 2.24) is 20.4 Å². The number of rotatable bonds is 6. The number of nitrogens with one attached hydrogen (secondary N) is 3. The number of halogens is 1. The van der Waals surface area contributed by atoms with Gasteiger partial charge in [0.1, 0.15) is 11.9 Å². The summed E-state index contributed by atoms with van der Waals surface area (Å²) in [6.45, 7) is 0.225. The highest BCUT2D eigenvalue weighted by molar-refractivity contribution is 8.32. The molecule has 0 bridgehead atoms. The molecule has 1 unspecified atom stereocenters. The zero-order valence-corrected chi connectivity index (χ0v) is 20.3. The molecule has 3 aromatic rings. The topological polar surface area (TPSA) is 105 Å². The molecule has 0 aliphatic carbocycles. The first-order valence-corrected chi connectivity index (χ1v) is 13.7. The molecule has 3 amide bonds. The molecule has 1 aliphatic rings. The van der Waals surface area contributed by atoms with E-state index in [2.05, 4.69) is 21.0 Å². The van der Waals surface area contributed by atoms with Crippen molar-refractivity contribution in [3.63, 3.8) is 0 Å². The number of benzene rings is 2. The number of fused-ring (bicyclic) bond motifs is 1. The van der Waals surface area contributed by atoms with Gasteiger partial charge in [0.25, 0.3) is 5.91 Å². The van der Waals surface area contributed by atoms with E-state index in [1.165, 1.54) is 6.07 Å². The van der Waals surface area contributed by atoms with E-state index >= 15 is 0 Å². The quantitative estimate of drug-likeness (QED) is 0.499. The first-order valence-electron chi connectivity index (χ1n) is 10.8. The van der Waals surface area contributed by atoms with Crippen LogP contribution in [0.25, 0.3) is 10.9 Å². The molecule has 0 spiro atoms. The predicted octanol–water partition coefficient (Wildman–Crippen LogP) is 2.70. The molecule has 1 fully saturated rings. The minimum atomic E-state index is -1.27. The Morgan fingerprint density at radius 3 is 2.62 bits per heavy atom. The normalized spacial score (nSPS) is 17.3. The maximum atomic E-state index is 14.7. The predicted molar refractivity (Wildman–Crippen MR) is 131 cm³/mol. The Bertz CT molecular complexity index is 1280. The average molecular weight is 486 g/mol. The highest BCUT2D eigenvalue weighted by Gasteiger charge is 2.32. The van der Waals surface area contributed by atoms with Crippen LogP contribution >= 0.6 is 10.0 Å². The lowest BCUT2D eigenvalue weighted by Gasteiger charge is -2.26. The van der Waals surface area contributed by atoms with Gasteiger partial charge in [-0.05, 0) is 54.7 Å². The van der Waals surface area contributed by atoms with Crippen LogP contribution < -0.4 is 16.0 Å². The average Bonchev–Trinajstić information content (AvgIpc) is 3.36. The summed E-state index contributed by atoms with van der Waals surface area (Å²) in [6.07, 6.45) is 7.73. The summed E-state index contributed by atoms with van der Waals surface area (Å²) in [5.74, 6) is -2.05. The van der Waals surface area contributed by atoms with Crippen molar-refractivity contribution in [2.24, 2.45) is 13.0 Å². The Balaban J connectivity index is 1.62. The molecule has 0 saturated carbocycles. The largest absolute Gasteiger partial charge is 0.355 e. The Hall–Kier alpha value is -3.40. The number of anilines is 1. The highest BCUT2D eigenvalue weighted by Crippen LogP contribution is 2.46. The minimum Gasteiger partial charge on any atom is -0.355 e. The molecule has 3 N–H and O–H groups in total. The molecular formula is C24H28FN5O3S. The number of hydrogen-bond acceptors (Lipinski definition) is 4. The van der Waals surface area contributed by atoms with Gasteiger partial charge >= 0.3 is 0 Å². The van der Waals surface area contributed by atoms with Gasteiger partial charge in [-0.3, -0.25) is 19.1 Å².